The van der Waals surface area contributed by atoms with Crippen molar-refractivity contribution in [1.29, 1.82) is 0 Å². The van der Waals surface area contributed by atoms with Crippen LogP contribution in [0.25, 0.3) is 10.2 Å². The Morgan fingerprint density at radius 1 is 1.36 bits per heavy atom. The quantitative estimate of drug-likeness (QED) is 0.541. The Balaban J connectivity index is 2.05. The Bertz CT molecular complexity index is 893. The van der Waals surface area contributed by atoms with Gasteiger partial charge in [-0.15, -0.1) is 11.3 Å². The van der Waals surface area contributed by atoms with Gasteiger partial charge < -0.3 is 0 Å². The minimum atomic E-state index is 0.0508. The molecule has 22 heavy (non-hydrogen) atoms. The summed E-state index contributed by atoms with van der Waals surface area (Å²) in [4.78, 5) is 23.6. The van der Waals surface area contributed by atoms with Gasteiger partial charge in [0, 0.05) is 18.5 Å². The van der Waals surface area contributed by atoms with Crippen molar-refractivity contribution in [2.24, 2.45) is 7.05 Å². The summed E-state index contributed by atoms with van der Waals surface area (Å²) < 4.78 is 3.47. The van der Waals surface area contributed by atoms with Gasteiger partial charge in [-0.25, -0.2) is 9.97 Å². The summed E-state index contributed by atoms with van der Waals surface area (Å²) in [5, 5.41) is 5.56. The molecular weight excluding hydrogens is 318 g/mol. The van der Waals surface area contributed by atoms with Crippen LogP contribution in [0.5, 0.6) is 0 Å². The van der Waals surface area contributed by atoms with Crippen LogP contribution < -0.4 is 5.56 Å². The van der Waals surface area contributed by atoms with E-state index in [0.29, 0.717) is 12.3 Å². The summed E-state index contributed by atoms with van der Waals surface area (Å²) in [5.41, 5.74) is 1.10. The molecule has 116 valence electrons. The van der Waals surface area contributed by atoms with Crippen LogP contribution in [0.1, 0.15) is 23.2 Å². The monoisotopic (exact) mass is 335 g/mol. The zero-order valence-corrected chi connectivity index (χ0v) is 14.6. The molecule has 8 heteroatoms. The molecule has 0 aliphatic rings. The SMILES string of the molecule is CCn1c(SCc2ncnn2C)nc2sc(C)c(C)c2c1=O. The molecule has 0 aromatic carbocycles. The predicted octanol–water partition coefficient (Wildman–Crippen LogP) is 2.52. The van der Waals surface area contributed by atoms with Crippen molar-refractivity contribution < 1.29 is 0 Å². The van der Waals surface area contributed by atoms with Crippen LogP contribution in [-0.2, 0) is 19.3 Å². The molecule has 0 saturated heterocycles. The fourth-order valence-electron chi connectivity index (χ4n) is 2.28. The highest BCUT2D eigenvalue weighted by atomic mass is 32.2. The minimum absolute atomic E-state index is 0.0508. The number of rotatable bonds is 4. The highest BCUT2D eigenvalue weighted by Crippen LogP contribution is 2.29. The zero-order valence-electron chi connectivity index (χ0n) is 13.0. The second-order valence-corrected chi connectivity index (χ2v) is 7.14. The summed E-state index contributed by atoms with van der Waals surface area (Å²) in [6.45, 7) is 6.60. The maximum Gasteiger partial charge on any atom is 0.263 e. The lowest BCUT2D eigenvalue weighted by atomic mass is 10.2. The topological polar surface area (TPSA) is 65.6 Å². The van der Waals surface area contributed by atoms with Gasteiger partial charge in [0.2, 0.25) is 0 Å². The Morgan fingerprint density at radius 3 is 2.77 bits per heavy atom. The number of aryl methyl sites for hydroxylation is 3. The number of nitrogens with zero attached hydrogens (tertiary/aromatic N) is 5. The number of hydrogen-bond acceptors (Lipinski definition) is 6. The molecule has 0 amide bonds. The number of aromatic nitrogens is 5. The molecule has 0 N–H and O–H groups in total. The van der Waals surface area contributed by atoms with Crippen molar-refractivity contribution >= 4 is 33.3 Å². The van der Waals surface area contributed by atoms with Gasteiger partial charge in [-0.2, -0.15) is 5.10 Å². The molecule has 3 heterocycles. The predicted molar refractivity (Wildman–Crippen MR) is 89.6 cm³/mol. The van der Waals surface area contributed by atoms with E-state index < -0.39 is 0 Å². The van der Waals surface area contributed by atoms with Gasteiger partial charge >= 0.3 is 0 Å². The van der Waals surface area contributed by atoms with Crippen LogP contribution in [0.2, 0.25) is 0 Å². The molecule has 0 radical (unpaired) electrons. The number of fused-ring (bicyclic) bond motifs is 1. The van der Waals surface area contributed by atoms with Crippen molar-refractivity contribution in [2.45, 2.75) is 38.2 Å². The Kier molecular flexibility index (Phi) is 4.05. The Morgan fingerprint density at radius 2 is 2.14 bits per heavy atom. The van der Waals surface area contributed by atoms with Crippen LogP contribution in [-0.4, -0.2) is 24.3 Å². The first-order valence-electron chi connectivity index (χ1n) is 6.99. The van der Waals surface area contributed by atoms with Gasteiger partial charge in [0.15, 0.2) is 5.16 Å². The standard InChI is InChI=1S/C14H17N5OS2/c1-5-19-13(20)11-8(2)9(3)22-12(11)17-14(19)21-6-10-15-7-16-18(10)4/h7H,5-6H2,1-4H3. The molecule has 0 atom stereocenters. The third-order valence-corrected chi connectivity index (χ3v) is 5.78. The molecule has 0 spiro atoms. The fraction of sp³-hybridized carbons (Fsp3) is 0.429. The first-order chi connectivity index (χ1) is 10.5. The molecule has 0 fully saturated rings. The Labute approximate surface area is 136 Å². The van der Waals surface area contributed by atoms with Crippen LogP contribution >= 0.6 is 23.1 Å². The lowest BCUT2D eigenvalue weighted by Crippen LogP contribution is -2.22. The normalized spacial score (nSPS) is 11.5. The van der Waals surface area contributed by atoms with Gasteiger partial charge in [0.25, 0.3) is 5.56 Å². The van der Waals surface area contributed by atoms with E-state index >= 15 is 0 Å². The van der Waals surface area contributed by atoms with Gasteiger partial charge in [-0.1, -0.05) is 11.8 Å². The summed E-state index contributed by atoms with van der Waals surface area (Å²) >= 11 is 3.10. The average molecular weight is 335 g/mol. The average Bonchev–Trinajstić information content (AvgIpc) is 3.01. The summed E-state index contributed by atoms with van der Waals surface area (Å²) in [6.07, 6.45) is 1.53. The van der Waals surface area contributed by atoms with Crippen LogP contribution in [0, 0.1) is 13.8 Å². The van der Waals surface area contributed by atoms with Crippen molar-refractivity contribution in [1.82, 2.24) is 24.3 Å². The molecule has 0 aliphatic carbocycles. The van der Waals surface area contributed by atoms with Gasteiger partial charge in [-0.3, -0.25) is 14.0 Å². The van der Waals surface area contributed by atoms with E-state index in [0.717, 1.165) is 31.6 Å². The third-order valence-electron chi connectivity index (χ3n) is 3.71. The first kappa shape index (κ1) is 15.2. The molecule has 0 aliphatic heterocycles. The van der Waals surface area contributed by atoms with E-state index in [2.05, 4.69) is 10.1 Å². The summed E-state index contributed by atoms with van der Waals surface area (Å²) in [7, 11) is 1.86. The van der Waals surface area contributed by atoms with E-state index in [1.54, 1.807) is 20.6 Å². The second-order valence-electron chi connectivity index (χ2n) is 5.00. The molecule has 0 unspecified atom stereocenters. The van der Waals surface area contributed by atoms with E-state index in [1.165, 1.54) is 18.1 Å². The molecule has 0 saturated carbocycles. The highest BCUT2D eigenvalue weighted by Gasteiger charge is 2.16. The van der Waals surface area contributed by atoms with Crippen molar-refractivity contribution in [3.8, 4) is 0 Å². The van der Waals surface area contributed by atoms with Crippen molar-refractivity contribution in [3.63, 3.8) is 0 Å². The molecule has 3 rings (SSSR count). The summed E-state index contributed by atoms with van der Waals surface area (Å²) in [6, 6.07) is 0. The molecular formula is C14H17N5OS2. The number of hydrogen-bond donors (Lipinski definition) is 0. The lowest BCUT2D eigenvalue weighted by molar-refractivity contribution is 0.634. The number of thioether (sulfide) groups is 1. The maximum absolute atomic E-state index is 12.7. The molecule has 0 bridgehead atoms. The van der Waals surface area contributed by atoms with Crippen LogP contribution in [0.3, 0.4) is 0 Å². The maximum atomic E-state index is 12.7. The van der Waals surface area contributed by atoms with E-state index in [4.69, 9.17) is 4.98 Å². The highest BCUT2D eigenvalue weighted by molar-refractivity contribution is 7.98. The summed E-state index contributed by atoms with van der Waals surface area (Å²) in [5.74, 6) is 1.50. The second kappa shape index (κ2) is 5.85. The van der Waals surface area contributed by atoms with Gasteiger partial charge in [0.1, 0.15) is 17.0 Å². The third kappa shape index (κ3) is 2.46. The van der Waals surface area contributed by atoms with E-state index in [1.807, 2.05) is 27.8 Å². The molecule has 3 aromatic rings. The minimum Gasteiger partial charge on any atom is -0.287 e. The molecule has 6 nitrogen and oxygen atoms in total. The van der Waals surface area contributed by atoms with E-state index in [-0.39, 0.29) is 5.56 Å². The van der Waals surface area contributed by atoms with Crippen LogP contribution in [0.4, 0.5) is 0 Å². The Hall–Kier alpha value is -1.67. The lowest BCUT2D eigenvalue weighted by Gasteiger charge is -2.09. The molecule has 3 aromatic heterocycles. The van der Waals surface area contributed by atoms with E-state index in [9.17, 15) is 4.79 Å². The van der Waals surface area contributed by atoms with Crippen molar-refractivity contribution in [2.75, 3.05) is 0 Å². The van der Waals surface area contributed by atoms with Gasteiger partial charge in [0.05, 0.1) is 11.1 Å². The van der Waals surface area contributed by atoms with Gasteiger partial charge in [-0.05, 0) is 26.3 Å². The van der Waals surface area contributed by atoms with Crippen molar-refractivity contribution in [3.05, 3.63) is 32.9 Å². The van der Waals surface area contributed by atoms with Crippen LogP contribution in [0.15, 0.2) is 16.3 Å². The fourth-order valence-corrected chi connectivity index (χ4v) is 4.40. The smallest absolute Gasteiger partial charge is 0.263 e. The zero-order chi connectivity index (χ0) is 15.9. The largest absolute Gasteiger partial charge is 0.287 e. The first-order valence-corrected chi connectivity index (χ1v) is 8.79. The number of thiophene rings is 1.